The van der Waals surface area contributed by atoms with Gasteiger partial charge in [-0.1, -0.05) is 6.08 Å². The average molecular weight is 169 g/mol. The molecule has 0 aromatic heterocycles. The first-order valence-corrected chi connectivity index (χ1v) is 4.35. The van der Waals surface area contributed by atoms with Crippen molar-refractivity contribution in [3.8, 4) is 0 Å². The van der Waals surface area contributed by atoms with Crippen molar-refractivity contribution in [2.24, 2.45) is 0 Å². The van der Waals surface area contributed by atoms with E-state index < -0.39 is 5.97 Å². The van der Waals surface area contributed by atoms with Gasteiger partial charge in [0.1, 0.15) is 0 Å². The molecule has 3 nitrogen and oxygen atoms in total. The van der Waals surface area contributed by atoms with E-state index in [0.717, 1.165) is 13.1 Å². The number of aliphatic carboxylic acids is 1. The fourth-order valence-corrected chi connectivity index (χ4v) is 1.49. The maximum absolute atomic E-state index is 10.2. The lowest BCUT2D eigenvalue weighted by Crippen LogP contribution is -2.28. The van der Waals surface area contributed by atoms with Crippen LogP contribution in [0.4, 0.5) is 0 Å². The van der Waals surface area contributed by atoms with Crippen LogP contribution in [0.25, 0.3) is 0 Å². The molecule has 12 heavy (non-hydrogen) atoms. The Labute approximate surface area is 72.7 Å². The lowest BCUT2D eigenvalue weighted by Gasteiger charge is -2.19. The van der Waals surface area contributed by atoms with Crippen LogP contribution in [0.15, 0.2) is 12.2 Å². The molecule has 1 saturated heterocycles. The molecule has 1 aliphatic rings. The number of carboxylic acid groups (broad SMARTS) is 1. The Morgan fingerprint density at radius 3 is 2.58 bits per heavy atom. The third kappa shape index (κ3) is 2.66. The first kappa shape index (κ1) is 9.26. The van der Waals surface area contributed by atoms with Gasteiger partial charge in [-0.25, -0.2) is 4.79 Å². The van der Waals surface area contributed by atoms with Gasteiger partial charge in [0.25, 0.3) is 0 Å². The average Bonchev–Trinajstić information content (AvgIpc) is 2.51. The monoisotopic (exact) mass is 169 g/mol. The van der Waals surface area contributed by atoms with Crippen LogP contribution < -0.4 is 0 Å². The molecule has 0 spiro atoms. The summed E-state index contributed by atoms with van der Waals surface area (Å²) in [5, 5.41) is 8.40. The largest absolute Gasteiger partial charge is 0.478 e. The van der Waals surface area contributed by atoms with E-state index in [1.165, 1.54) is 18.9 Å². The molecule has 1 aliphatic heterocycles. The predicted octanol–water partition coefficient (Wildman–Crippen LogP) is 1.11. The summed E-state index contributed by atoms with van der Waals surface area (Å²) in [6.45, 7) is 4.24. The van der Waals surface area contributed by atoms with E-state index in [9.17, 15) is 4.79 Å². The standard InChI is InChI=1S/C9H15NO2/c1-8(4-5-9(11)12)10-6-2-3-7-10/h4-5,8H,2-3,6-7H2,1H3,(H,11,12)/b5-4+/t8-/m0/s1. The van der Waals surface area contributed by atoms with Gasteiger partial charge >= 0.3 is 5.97 Å². The van der Waals surface area contributed by atoms with Crippen molar-refractivity contribution in [2.45, 2.75) is 25.8 Å². The summed E-state index contributed by atoms with van der Waals surface area (Å²) in [5.74, 6) is -0.860. The van der Waals surface area contributed by atoms with Gasteiger partial charge in [-0.2, -0.15) is 0 Å². The van der Waals surface area contributed by atoms with E-state index in [2.05, 4.69) is 4.90 Å². The second-order valence-corrected chi connectivity index (χ2v) is 3.18. The number of hydrogen-bond acceptors (Lipinski definition) is 2. The topological polar surface area (TPSA) is 40.5 Å². The van der Waals surface area contributed by atoms with Gasteiger partial charge in [-0.3, -0.25) is 4.90 Å². The van der Waals surface area contributed by atoms with Crippen LogP contribution in [0.5, 0.6) is 0 Å². The number of carbonyl (C=O) groups is 1. The fourth-order valence-electron chi connectivity index (χ4n) is 1.49. The number of nitrogens with zero attached hydrogens (tertiary/aromatic N) is 1. The normalized spacial score (nSPS) is 21.8. The number of rotatable bonds is 3. The highest BCUT2D eigenvalue weighted by atomic mass is 16.4. The van der Waals surface area contributed by atoms with Crippen molar-refractivity contribution in [1.29, 1.82) is 0 Å². The fraction of sp³-hybridized carbons (Fsp3) is 0.667. The van der Waals surface area contributed by atoms with Gasteiger partial charge < -0.3 is 5.11 Å². The number of carboxylic acids is 1. The van der Waals surface area contributed by atoms with E-state index in [4.69, 9.17) is 5.11 Å². The van der Waals surface area contributed by atoms with Crippen LogP contribution in [-0.2, 0) is 4.79 Å². The number of likely N-dealkylation sites (tertiary alicyclic amines) is 1. The molecule has 0 radical (unpaired) electrons. The highest BCUT2D eigenvalue weighted by molar-refractivity contribution is 5.79. The molecule has 0 bridgehead atoms. The van der Waals surface area contributed by atoms with Crippen molar-refractivity contribution >= 4 is 5.97 Å². The molecule has 0 amide bonds. The minimum absolute atomic E-state index is 0.267. The molecule has 1 N–H and O–H groups in total. The minimum atomic E-state index is -0.860. The summed E-state index contributed by atoms with van der Waals surface area (Å²) in [5.41, 5.74) is 0. The van der Waals surface area contributed by atoms with E-state index >= 15 is 0 Å². The van der Waals surface area contributed by atoms with Gasteiger partial charge in [-0.15, -0.1) is 0 Å². The smallest absolute Gasteiger partial charge is 0.328 e. The lowest BCUT2D eigenvalue weighted by atomic mass is 10.2. The van der Waals surface area contributed by atoms with E-state index in [-0.39, 0.29) is 6.04 Å². The molecule has 0 unspecified atom stereocenters. The molecule has 0 saturated carbocycles. The van der Waals surface area contributed by atoms with E-state index in [1.54, 1.807) is 6.08 Å². The second kappa shape index (κ2) is 4.26. The summed E-state index contributed by atoms with van der Waals surface area (Å²) in [6, 6.07) is 0.267. The predicted molar refractivity (Wildman–Crippen MR) is 47.0 cm³/mol. The van der Waals surface area contributed by atoms with Crippen LogP contribution in [-0.4, -0.2) is 35.1 Å². The van der Waals surface area contributed by atoms with Crippen molar-refractivity contribution < 1.29 is 9.90 Å². The van der Waals surface area contributed by atoms with Crippen LogP contribution in [0.3, 0.4) is 0 Å². The Bertz CT molecular complexity index is 183. The maximum Gasteiger partial charge on any atom is 0.328 e. The maximum atomic E-state index is 10.2. The van der Waals surface area contributed by atoms with Gasteiger partial charge in [0, 0.05) is 12.1 Å². The van der Waals surface area contributed by atoms with E-state index in [1.807, 2.05) is 6.92 Å². The molecule has 1 rings (SSSR count). The molecule has 0 aromatic carbocycles. The van der Waals surface area contributed by atoms with Crippen LogP contribution in [0.2, 0.25) is 0 Å². The van der Waals surface area contributed by atoms with Gasteiger partial charge in [0.15, 0.2) is 0 Å². The Kier molecular flexibility index (Phi) is 3.29. The lowest BCUT2D eigenvalue weighted by molar-refractivity contribution is -0.131. The van der Waals surface area contributed by atoms with Crippen LogP contribution in [0, 0.1) is 0 Å². The summed E-state index contributed by atoms with van der Waals surface area (Å²) in [6.07, 6.45) is 5.45. The molecule has 1 heterocycles. The quantitative estimate of drug-likeness (QED) is 0.643. The minimum Gasteiger partial charge on any atom is -0.478 e. The summed E-state index contributed by atoms with van der Waals surface area (Å²) >= 11 is 0. The summed E-state index contributed by atoms with van der Waals surface area (Å²) < 4.78 is 0. The van der Waals surface area contributed by atoms with Crippen molar-refractivity contribution in [3.05, 3.63) is 12.2 Å². The molecule has 0 aliphatic carbocycles. The summed E-state index contributed by atoms with van der Waals surface area (Å²) in [7, 11) is 0. The van der Waals surface area contributed by atoms with E-state index in [0.29, 0.717) is 0 Å². The number of hydrogen-bond donors (Lipinski definition) is 1. The molecule has 68 valence electrons. The van der Waals surface area contributed by atoms with Crippen molar-refractivity contribution in [2.75, 3.05) is 13.1 Å². The highest BCUT2D eigenvalue weighted by Gasteiger charge is 2.15. The zero-order chi connectivity index (χ0) is 8.97. The van der Waals surface area contributed by atoms with Gasteiger partial charge in [0.2, 0.25) is 0 Å². The zero-order valence-corrected chi connectivity index (χ0v) is 7.36. The molecule has 0 aromatic rings. The Hall–Kier alpha value is -0.830. The van der Waals surface area contributed by atoms with Crippen LogP contribution in [0.1, 0.15) is 19.8 Å². The SMILES string of the molecule is C[C@@H](/C=C/C(=O)O)N1CCCC1. The Morgan fingerprint density at radius 1 is 1.50 bits per heavy atom. The molecular weight excluding hydrogens is 154 g/mol. The van der Waals surface area contributed by atoms with Crippen molar-refractivity contribution in [1.82, 2.24) is 4.90 Å². The van der Waals surface area contributed by atoms with Gasteiger partial charge in [0.05, 0.1) is 0 Å². The molecule has 1 atom stereocenters. The molecular formula is C9H15NO2. The second-order valence-electron chi connectivity index (χ2n) is 3.18. The third-order valence-corrected chi connectivity index (χ3v) is 2.23. The first-order chi connectivity index (χ1) is 5.70. The van der Waals surface area contributed by atoms with Crippen LogP contribution >= 0.6 is 0 Å². The van der Waals surface area contributed by atoms with Gasteiger partial charge in [-0.05, 0) is 32.9 Å². The Morgan fingerprint density at radius 2 is 2.08 bits per heavy atom. The first-order valence-electron chi connectivity index (χ1n) is 4.35. The van der Waals surface area contributed by atoms with Crippen molar-refractivity contribution in [3.63, 3.8) is 0 Å². The Balaban J connectivity index is 2.36. The zero-order valence-electron chi connectivity index (χ0n) is 7.36. The summed E-state index contributed by atoms with van der Waals surface area (Å²) in [4.78, 5) is 12.5. The highest BCUT2D eigenvalue weighted by Crippen LogP contribution is 2.11. The molecule has 1 fully saturated rings. The molecule has 3 heteroatoms. The third-order valence-electron chi connectivity index (χ3n) is 2.23.